The molecule has 0 radical (unpaired) electrons. The summed E-state index contributed by atoms with van der Waals surface area (Å²) in [5.74, 6) is 0. The van der Waals surface area contributed by atoms with Gasteiger partial charge in [-0.15, -0.1) is 0 Å². The number of nitrogens with two attached hydrogens (primary N) is 1. The highest BCUT2D eigenvalue weighted by atomic mass is 32.2. The Kier molecular flexibility index (Phi) is 4.21. The van der Waals surface area contributed by atoms with Crippen LogP contribution in [0, 0.1) is 0 Å². The molecule has 6 nitrogen and oxygen atoms in total. The monoisotopic (exact) mass is 292 g/mol. The largest absolute Gasteiger partial charge is 0.397 e. The Morgan fingerprint density at radius 3 is 2.75 bits per heavy atom. The van der Waals surface area contributed by atoms with Crippen molar-refractivity contribution in [3.8, 4) is 0 Å². The van der Waals surface area contributed by atoms with E-state index >= 15 is 0 Å². The molecule has 0 amide bonds. The number of rotatable bonds is 5. The van der Waals surface area contributed by atoms with E-state index in [9.17, 15) is 8.42 Å². The molecule has 20 heavy (non-hydrogen) atoms. The van der Waals surface area contributed by atoms with Gasteiger partial charge >= 0.3 is 0 Å². The van der Waals surface area contributed by atoms with E-state index in [2.05, 4.69) is 15.0 Å². The zero-order chi connectivity index (χ0) is 14.6. The first kappa shape index (κ1) is 14.3. The van der Waals surface area contributed by atoms with E-state index in [1.807, 2.05) is 12.1 Å². The van der Waals surface area contributed by atoms with Crippen molar-refractivity contribution in [1.29, 1.82) is 0 Å². The summed E-state index contributed by atoms with van der Waals surface area (Å²) in [5, 5.41) is 3.11. The summed E-state index contributed by atoms with van der Waals surface area (Å²) in [7, 11) is -2.11. The van der Waals surface area contributed by atoms with E-state index in [1.54, 1.807) is 18.5 Å². The maximum absolute atomic E-state index is 11.7. The second-order valence-electron chi connectivity index (χ2n) is 4.17. The molecule has 0 fully saturated rings. The van der Waals surface area contributed by atoms with Gasteiger partial charge in [0.2, 0.25) is 10.0 Å². The van der Waals surface area contributed by atoms with Crippen LogP contribution in [0.5, 0.6) is 0 Å². The highest BCUT2D eigenvalue weighted by molar-refractivity contribution is 7.89. The molecule has 1 aromatic heterocycles. The smallest absolute Gasteiger partial charge is 0.240 e. The van der Waals surface area contributed by atoms with Gasteiger partial charge in [0.1, 0.15) is 0 Å². The molecule has 106 valence electrons. The van der Waals surface area contributed by atoms with Gasteiger partial charge in [-0.1, -0.05) is 6.07 Å². The molecule has 0 saturated heterocycles. The number of hydrogen-bond donors (Lipinski definition) is 3. The lowest BCUT2D eigenvalue weighted by molar-refractivity contribution is 0.588. The van der Waals surface area contributed by atoms with Gasteiger partial charge in [-0.3, -0.25) is 4.98 Å². The molecule has 0 aliphatic heterocycles. The van der Waals surface area contributed by atoms with Crippen molar-refractivity contribution in [2.45, 2.75) is 11.4 Å². The molecule has 1 heterocycles. The topological polar surface area (TPSA) is 97.1 Å². The Hall–Kier alpha value is -2.12. The number of anilines is 2. The van der Waals surface area contributed by atoms with Crippen molar-refractivity contribution in [2.24, 2.45) is 0 Å². The quantitative estimate of drug-likeness (QED) is 0.719. The van der Waals surface area contributed by atoms with Crippen LogP contribution in [0.2, 0.25) is 0 Å². The molecule has 0 spiro atoms. The minimum atomic E-state index is -3.48. The third-order valence-electron chi connectivity index (χ3n) is 2.81. The molecule has 1 aromatic carbocycles. The van der Waals surface area contributed by atoms with Gasteiger partial charge in [0.25, 0.3) is 0 Å². The van der Waals surface area contributed by atoms with Gasteiger partial charge < -0.3 is 11.1 Å². The molecular formula is C13H16N4O2S. The molecule has 0 unspecified atom stereocenters. The first-order valence-electron chi connectivity index (χ1n) is 5.99. The zero-order valence-corrected chi connectivity index (χ0v) is 11.8. The van der Waals surface area contributed by atoms with Crippen molar-refractivity contribution in [3.63, 3.8) is 0 Å². The van der Waals surface area contributed by atoms with E-state index in [0.29, 0.717) is 17.9 Å². The number of benzene rings is 1. The Bertz CT molecular complexity index is 687. The number of sulfonamides is 1. The summed E-state index contributed by atoms with van der Waals surface area (Å²) in [6.07, 6.45) is 3.43. The highest BCUT2D eigenvalue weighted by Crippen LogP contribution is 2.23. The van der Waals surface area contributed by atoms with Crippen LogP contribution in [0.15, 0.2) is 47.6 Å². The second kappa shape index (κ2) is 5.89. The van der Waals surface area contributed by atoms with Gasteiger partial charge in [-0.25, -0.2) is 13.1 Å². The van der Waals surface area contributed by atoms with Crippen LogP contribution < -0.4 is 15.8 Å². The zero-order valence-electron chi connectivity index (χ0n) is 11.0. The molecule has 7 heteroatoms. The van der Waals surface area contributed by atoms with Crippen molar-refractivity contribution < 1.29 is 8.42 Å². The summed E-state index contributed by atoms with van der Waals surface area (Å²) in [6, 6.07) is 8.30. The van der Waals surface area contributed by atoms with Crippen LogP contribution in [-0.2, 0) is 16.6 Å². The van der Waals surface area contributed by atoms with E-state index in [1.165, 1.54) is 19.2 Å². The molecular weight excluding hydrogens is 276 g/mol. The fraction of sp³-hybridized carbons (Fsp3) is 0.154. The number of nitrogens with zero attached hydrogens (tertiary/aromatic N) is 1. The van der Waals surface area contributed by atoms with E-state index < -0.39 is 10.0 Å². The van der Waals surface area contributed by atoms with Crippen molar-refractivity contribution in [2.75, 3.05) is 18.1 Å². The fourth-order valence-electron chi connectivity index (χ4n) is 1.67. The van der Waals surface area contributed by atoms with Crippen LogP contribution in [0.4, 0.5) is 11.4 Å². The third kappa shape index (κ3) is 3.25. The molecule has 0 bridgehead atoms. The van der Waals surface area contributed by atoms with E-state index in [4.69, 9.17) is 5.73 Å². The number of nitrogen functional groups attached to an aromatic ring is 1. The first-order valence-corrected chi connectivity index (χ1v) is 7.47. The Balaban J connectivity index is 2.22. The molecule has 2 aromatic rings. The highest BCUT2D eigenvalue weighted by Gasteiger charge is 2.13. The Labute approximate surface area is 118 Å². The predicted molar refractivity (Wildman–Crippen MR) is 78.7 cm³/mol. The van der Waals surface area contributed by atoms with Crippen molar-refractivity contribution in [1.82, 2.24) is 9.71 Å². The van der Waals surface area contributed by atoms with E-state index in [0.717, 1.165) is 5.56 Å². The normalized spacial score (nSPS) is 11.2. The maximum atomic E-state index is 11.7. The summed E-state index contributed by atoms with van der Waals surface area (Å²) < 4.78 is 25.8. The van der Waals surface area contributed by atoms with Crippen LogP contribution in [0.1, 0.15) is 5.56 Å². The number of pyridine rings is 1. The molecule has 0 aliphatic carbocycles. The lowest BCUT2D eigenvalue weighted by Gasteiger charge is -2.11. The van der Waals surface area contributed by atoms with Gasteiger partial charge in [0, 0.05) is 18.9 Å². The van der Waals surface area contributed by atoms with Crippen LogP contribution in [-0.4, -0.2) is 20.4 Å². The first-order chi connectivity index (χ1) is 9.53. The lowest BCUT2D eigenvalue weighted by atomic mass is 10.2. The fourth-order valence-corrected chi connectivity index (χ4v) is 2.43. The summed E-state index contributed by atoms with van der Waals surface area (Å²) >= 11 is 0. The SMILES string of the molecule is CNS(=O)(=O)c1ccc(N)c(NCc2cccnc2)c1. The molecule has 0 aliphatic rings. The molecule has 4 N–H and O–H groups in total. The summed E-state index contributed by atoms with van der Waals surface area (Å²) in [4.78, 5) is 4.18. The van der Waals surface area contributed by atoms with Gasteiger partial charge in [0.15, 0.2) is 0 Å². The van der Waals surface area contributed by atoms with Crippen LogP contribution in [0.3, 0.4) is 0 Å². The lowest BCUT2D eigenvalue weighted by Crippen LogP contribution is -2.18. The van der Waals surface area contributed by atoms with Crippen molar-refractivity contribution >= 4 is 21.4 Å². The average molecular weight is 292 g/mol. The van der Waals surface area contributed by atoms with Crippen LogP contribution >= 0.6 is 0 Å². The van der Waals surface area contributed by atoms with Gasteiger partial charge in [0.05, 0.1) is 16.3 Å². The number of hydrogen-bond acceptors (Lipinski definition) is 5. The average Bonchev–Trinajstić information content (AvgIpc) is 2.47. The minimum Gasteiger partial charge on any atom is -0.397 e. The predicted octanol–water partition coefficient (Wildman–Crippen LogP) is 1.18. The molecule has 0 saturated carbocycles. The van der Waals surface area contributed by atoms with Gasteiger partial charge in [-0.05, 0) is 36.9 Å². The van der Waals surface area contributed by atoms with Crippen LogP contribution in [0.25, 0.3) is 0 Å². The Morgan fingerprint density at radius 2 is 2.10 bits per heavy atom. The maximum Gasteiger partial charge on any atom is 0.240 e. The van der Waals surface area contributed by atoms with Gasteiger partial charge in [-0.2, -0.15) is 0 Å². The molecule has 2 rings (SSSR count). The minimum absolute atomic E-state index is 0.169. The Morgan fingerprint density at radius 1 is 1.30 bits per heavy atom. The number of aromatic nitrogens is 1. The molecule has 0 atom stereocenters. The second-order valence-corrected chi connectivity index (χ2v) is 6.06. The standard InChI is InChI=1S/C13H16N4O2S/c1-15-20(18,19)11-4-5-12(14)13(7-11)17-9-10-3-2-6-16-8-10/h2-8,15,17H,9,14H2,1H3. The summed E-state index contributed by atoms with van der Waals surface area (Å²) in [6.45, 7) is 0.515. The van der Waals surface area contributed by atoms with E-state index in [-0.39, 0.29) is 4.90 Å². The number of nitrogens with one attached hydrogen (secondary N) is 2. The van der Waals surface area contributed by atoms with Crippen molar-refractivity contribution in [3.05, 3.63) is 48.3 Å². The summed E-state index contributed by atoms with van der Waals surface area (Å²) in [5.41, 5.74) is 7.89. The third-order valence-corrected chi connectivity index (χ3v) is 4.22.